The van der Waals surface area contributed by atoms with E-state index in [1.807, 2.05) is 12.1 Å². The molecule has 114 valence electrons. The van der Waals surface area contributed by atoms with E-state index in [9.17, 15) is 4.79 Å². The fraction of sp³-hybridized carbons (Fsp3) is 0.190. The van der Waals surface area contributed by atoms with Crippen LogP contribution in [0.5, 0.6) is 0 Å². The Bertz CT molecular complexity index is 1100. The van der Waals surface area contributed by atoms with Gasteiger partial charge in [0, 0.05) is 16.3 Å². The summed E-state index contributed by atoms with van der Waals surface area (Å²) < 4.78 is 2.27. The third-order valence-electron chi connectivity index (χ3n) is 4.68. The number of nitrogens with zero attached hydrogens (tertiary/aromatic N) is 1. The normalized spacial score (nSPS) is 13.3. The molecule has 2 aromatic carbocycles. The molecule has 0 spiro atoms. The summed E-state index contributed by atoms with van der Waals surface area (Å²) in [7, 11) is 0. The summed E-state index contributed by atoms with van der Waals surface area (Å²) in [6.07, 6.45) is 6.21. The van der Waals surface area contributed by atoms with Crippen LogP contribution in [0, 0.1) is 13.8 Å². The minimum atomic E-state index is 0.152. The van der Waals surface area contributed by atoms with Gasteiger partial charge in [0.15, 0.2) is 5.43 Å². The monoisotopic (exact) mass is 301 g/mol. The summed E-state index contributed by atoms with van der Waals surface area (Å²) in [6.45, 7) is 4.20. The fourth-order valence-electron chi connectivity index (χ4n) is 3.55. The maximum Gasteiger partial charge on any atom is 0.196 e. The van der Waals surface area contributed by atoms with Gasteiger partial charge in [0.2, 0.25) is 0 Å². The number of benzene rings is 2. The van der Waals surface area contributed by atoms with E-state index in [1.54, 1.807) is 0 Å². The topological polar surface area (TPSA) is 22.0 Å². The molecular formula is C21H19NO. The SMILES string of the molecule is Cc1ccccc1-n1c2c(c(=O)c3cccc(C)c31)=CCCC=2. The molecule has 0 amide bonds. The number of para-hydroxylation sites is 2. The molecule has 23 heavy (non-hydrogen) atoms. The lowest BCUT2D eigenvalue weighted by atomic mass is 10.0. The number of fused-ring (bicyclic) bond motifs is 2. The highest BCUT2D eigenvalue weighted by Gasteiger charge is 2.13. The summed E-state index contributed by atoms with van der Waals surface area (Å²) in [5.41, 5.74) is 4.66. The zero-order valence-electron chi connectivity index (χ0n) is 13.5. The zero-order valence-corrected chi connectivity index (χ0v) is 13.5. The van der Waals surface area contributed by atoms with Crippen molar-refractivity contribution < 1.29 is 0 Å². The zero-order chi connectivity index (χ0) is 16.0. The van der Waals surface area contributed by atoms with Crippen molar-refractivity contribution in [2.24, 2.45) is 0 Å². The van der Waals surface area contributed by atoms with E-state index in [0.717, 1.165) is 45.6 Å². The van der Waals surface area contributed by atoms with Crippen LogP contribution in [0.2, 0.25) is 0 Å². The van der Waals surface area contributed by atoms with E-state index in [1.165, 1.54) is 5.56 Å². The van der Waals surface area contributed by atoms with Gasteiger partial charge >= 0.3 is 0 Å². The maximum atomic E-state index is 12.9. The van der Waals surface area contributed by atoms with Gasteiger partial charge in [-0.05, 0) is 49.9 Å². The first-order chi connectivity index (χ1) is 11.2. The third-order valence-corrected chi connectivity index (χ3v) is 4.68. The van der Waals surface area contributed by atoms with Crippen molar-refractivity contribution in [1.82, 2.24) is 4.57 Å². The van der Waals surface area contributed by atoms with E-state index >= 15 is 0 Å². The lowest BCUT2D eigenvalue weighted by molar-refractivity contribution is 0.975. The largest absolute Gasteiger partial charge is 0.309 e. The molecule has 2 heteroatoms. The molecule has 0 saturated carbocycles. The lowest BCUT2D eigenvalue weighted by Crippen LogP contribution is -2.46. The summed E-state index contributed by atoms with van der Waals surface area (Å²) >= 11 is 0. The number of aromatic nitrogens is 1. The summed E-state index contributed by atoms with van der Waals surface area (Å²) in [5, 5.41) is 2.69. The van der Waals surface area contributed by atoms with Gasteiger partial charge in [0.05, 0.1) is 10.9 Å². The van der Waals surface area contributed by atoms with Gasteiger partial charge in [-0.3, -0.25) is 4.79 Å². The Kier molecular flexibility index (Phi) is 3.19. The van der Waals surface area contributed by atoms with Crippen LogP contribution < -0.4 is 16.0 Å². The van der Waals surface area contributed by atoms with Gasteiger partial charge < -0.3 is 4.57 Å². The average molecular weight is 301 g/mol. The summed E-state index contributed by atoms with van der Waals surface area (Å²) in [4.78, 5) is 12.9. The number of aryl methyl sites for hydroxylation is 2. The van der Waals surface area contributed by atoms with Crippen molar-refractivity contribution in [3.05, 3.63) is 74.4 Å². The van der Waals surface area contributed by atoms with E-state index in [-0.39, 0.29) is 5.43 Å². The third kappa shape index (κ3) is 2.06. The predicted octanol–water partition coefficient (Wildman–Crippen LogP) is 2.96. The smallest absolute Gasteiger partial charge is 0.196 e. The molecule has 0 saturated heterocycles. The molecule has 0 N–H and O–H groups in total. The van der Waals surface area contributed by atoms with Crippen molar-refractivity contribution in [3.63, 3.8) is 0 Å². The number of rotatable bonds is 1. The van der Waals surface area contributed by atoms with Gasteiger partial charge in [-0.2, -0.15) is 0 Å². The second kappa shape index (κ2) is 5.24. The number of hydrogen-bond donors (Lipinski definition) is 0. The molecule has 0 unspecified atom stereocenters. The summed E-state index contributed by atoms with van der Waals surface area (Å²) in [5.74, 6) is 0. The van der Waals surface area contributed by atoms with Crippen LogP contribution in [0.1, 0.15) is 24.0 Å². The van der Waals surface area contributed by atoms with Gasteiger partial charge in [-0.25, -0.2) is 0 Å². The van der Waals surface area contributed by atoms with Crippen LogP contribution >= 0.6 is 0 Å². The molecule has 2 nitrogen and oxygen atoms in total. The van der Waals surface area contributed by atoms with Crippen LogP contribution in [0.25, 0.3) is 28.7 Å². The molecule has 0 aliphatic heterocycles. The van der Waals surface area contributed by atoms with E-state index < -0.39 is 0 Å². The van der Waals surface area contributed by atoms with Crippen molar-refractivity contribution in [1.29, 1.82) is 0 Å². The second-order valence-electron chi connectivity index (χ2n) is 6.21. The molecule has 1 aliphatic carbocycles. The van der Waals surface area contributed by atoms with Crippen LogP contribution in [0.3, 0.4) is 0 Å². The van der Waals surface area contributed by atoms with E-state index in [2.05, 4.69) is 60.9 Å². The molecule has 1 aromatic heterocycles. The Morgan fingerprint density at radius 2 is 1.61 bits per heavy atom. The molecule has 0 fully saturated rings. The van der Waals surface area contributed by atoms with Gasteiger partial charge in [0.1, 0.15) is 0 Å². The molecule has 0 atom stereocenters. The molecule has 0 radical (unpaired) electrons. The molecule has 3 aromatic rings. The first kappa shape index (κ1) is 14.0. The Morgan fingerprint density at radius 3 is 2.43 bits per heavy atom. The minimum absolute atomic E-state index is 0.152. The second-order valence-corrected chi connectivity index (χ2v) is 6.21. The standard InChI is InChI=1S/C21H19NO/c1-14-8-3-5-12-18(14)22-19-13-6-4-10-16(19)21(23)17-11-7-9-15(2)20(17)22/h3,5,7-13H,4,6H2,1-2H3. The molecular weight excluding hydrogens is 282 g/mol. The summed E-state index contributed by atoms with van der Waals surface area (Å²) in [6, 6.07) is 14.4. The first-order valence-electron chi connectivity index (χ1n) is 8.09. The highest BCUT2D eigenvalue weighted by molar-refractivity contribution is 5.84. The maximum absolute atomic E-state index is 12.9. The van der Waals surface area contributed by atoms with Crippen molar-refractivity contribution in [2.45, 2.75) is 26.7 Å². The highest BCUT2D eigenvalue weighted by Crippen LogP contribution is 2.20. The van der Waals surface area contributed by atoms with Crippen molar-refractivity contribution >= 4 is 23.1 Å². The van der Waals surface area contributed by atoms with Crippen LogP contribution in [0.15, 0.2) is 47.3 Å². The highest BCUT2D eigenvalue weighted by atomic mass is 16.1. The van der Waals surface area contributed by atoms with Crippen molar-refractivity contribution in [2.75, 3.05) is 0 Å². The Morgan fingerprint density at radius 1 is 0.870 bits per heavy atom. The van der Waals surface area contributed by atoms with Gasteiger partial charge in [-0.15, -0.1) is 0 Å². The van der Waals surface area contributed by atoms with Crippen molar-refractivity contribution in [3.8, 4) is 5.69 Å². The van der Waals surface area contributed by atoms with E-state index in [4.69, 9.17) is 0 Å². The van der Waals surface area contributed by atoms with E-state index in [0.29, 0.717) is 0 Å². The number of hydrogen-bond acceptors (Lipinski definition) is 1. The molecule has 0 bridgehead atoms. The fourth-order valence-corrected chi connectivity index (χ4v) is 3.55. The molecule has 1 heterocycles. The predicted molar refractivity (Wildman–Crippen MR) is 96.4 cm³/mol. The van der Waals surface area contributed by atoms with Crippen LogP contribution in [-0.2, 0) is 0 Å². The minimum Gasteiger partial charge on any atom is -0.309 e. The van der Waals surface area contributed by atoms with Gasteiger partial charge in [-0.1, -0.05) is 42.5 Å². The molecule has 4 rings (SSSR count). The average Bonchev–Trinajstić information content (AvgIpc) is 2.57. The van der Waals surface area contributed by atoms with Gasteiger partial charge in [0.25, 0.3) is 0 Å². The Labute approximate surface area is 135 Å². The lowest BCUT2D eigenvalue weighted by Gasteiger charge is -2.18. The number of pyridine rings is 1. The first-order valence-corrected chi connectivity index (χ1v) is 8.09. The quantitative estimate of drug-likeness (QED) is 0.677. The Balaban J connectivity index is 2.36. The van der Waals surface area contributed by atoms with Crippen LogP contribution in [0.4, 0.5) is 0 Å². The molecule has 1 aliphatic rings. The van der Waals surface area contributed by atoms with Crippen LogP contribution in [-0.4, -0.2) is 4.57 Å². The Hall–Kier alpha value is -2.61.